The standard InChI is InChI=1S/C17H18Cl3F3O5/c1-25-11-28-15(17(21,22)23)13(26-9-12-5-3-2-4-6-12)7-8-14(24)27-10-16(18,19)20/h2-8,13,15H,9-11H2,1H3/b8-7+/t13-,15-/m1/s1. The van der Waals surface area contributed by atoms with Crippen LogP contribution < -0.4 is 0 Å². The van der Waals surface area contributed by atoms with Gasteiger partial charge in [-0.3, -0.25) is 0 Å². The van der Waals surface area contributed by atoms with Crippen LogP contribution in [0.2, 0.25) is 0 Å². The Hall–Kier alpha value is -1.03. The van der Waals surface area contributed by atoms with E-state index in [4.69, 9.17) is 44.3 Å². The van der Waals surface area contributed by atoms with Crippen LogP contribution in [-0.4, -0.2) is 48.7 Å². The molecule has 5 nitrogen and oxygen atoms in total. The van der Waals surface area contributed by atoms with Crippen molar-refractivity contribution < 1.29 is 36.9 Å². The fourth-order valence-corrected chi connectivity index (χ4v) is 2.07. The number of halogens is 6. The van der Waals surface area contributed by atoms with Gasteiger partial charge in [-0.25, -0.2) is 4.79 Å². The molecule has 0 bridgehead atoms. The highest BCUT2D eigenvalue weighted by Crippen LogP contribution is 2.29. The van der Waals surface area contributed by atoms with Gasteiger partial charge in [0.1, 0.15) is 19.5 Å². The Morgan fingerprint density at radius 2 is 1.79 bits per heavy atom. The van der Waals surface area contributed by atoms with E-state index >= 15 is 0 Å². The van der Waals surface area contributed by atoms with Gasteiger partial charge >= 0.3 is 12.1 Å². The third kappa shape index (κ3) is 10.5. The molecule has 0 aromatic heterocycles. The molecule has 0 N–H and O–H groups in total. The van der Waals surface area contributed by atoms with Crippen LogP contribution in [0.1, 0.15) is 5.56 Å². The summed E-state index contributed by atoms with van der Waals surface area (Å²) in [6.07, 6.45) is -7.20. The summed E-state index contributed by atoms with van der Waals surface area (Å²) in [4.78, 5) is 11.7. The van der Waals surface area contributed by atoms with E-state index in [-0.39, 0.29) is 6.61 Å². The average Bonchev–Trinajstić information content (AvgIpc) is 2.61. The van der Waals surface area contributed by atoms with Crippen molar-refractivity contribution >= 4 is 40.8 Å². The summed E-state index contributed by atoms with van der Waals surface area (Å²) in [7, 11) is 1.18. The molecule has 1 rings (SSSR count). The summed E-state index contributed by atoms with van der Waals surface area (Å²) in [5, 5.41) is 0. The Labute approximate surface area is 175 Å². The molecule has 28 heavy (non-hydrogen) atoms. The first-order chi connectivity index (χ1) is 13.0. The number of ether oxygens (including phenoxy) is 4. The van der Waals surface area contributed by atoms with Gasteiger partial charge in [0.2, 0.25) is 3.79 Å². The first-order valence-electron chi connectivity index (χ1n) is 7.77. The summed E-state index contributed by atoms with van der Waals surface area (Å²) in [6, 6.07) is 8.52. The predicted octanol–water partition coefficient (Wildman–Crippen LogP) is 4.59. The van der Waals surface area contributed by atoms with E-state index in [0.717, 1.165) is 12.2 Å². The van der Waals surface area contributed by atoms with Crippen molar-refractivity contribution in [1.29, 1.82) is 0 Å². The van der Waals surface area contributed by atoms with Crippen LogP contribution in [-0.2, 0) is 30.3 Å². The molecule has 0 radical (unpaired) electrons. The second-order valence-electron chi connectivity index (χ2n) is 5.38. The largest absolute Gasteiger partial charge is 0.458 e. The van der Waals surface area contributed by atoms with Crippen molar-refractivity contribution in [1.82, 2.24) is 0 Å². The Kier molecular flexibility index (Phi) is 10.6. The molecular formula is C17H18Cl3F3O5. The number of hydrogen-bond donors (Lipinski definition) is 0. The molecular weight excluding hydrogens is 448 g/mol. The van der Waals surface area contributed by atoms with Crippen LogP contribution in [0.25, 0.3) is 0 Å². The number of hydrogen-bond acceptors (Lipinski definition) is 5. The number of methoxy groups -OCH3 is 1. The monoisotopic (exact) mass is 464 g/mol. The Morgan fingerprint density at radius 3 is 2.32 bits per heavy atom. The third-order valence-electron chi connectivity index (χ3n) is 3.07. The normalized spacial score (nSPS) is 14.8. The first-order valence-corrected chi connectivity index (χ1v) is 8.91. The molecule has 1 aromatic rings. The Morgan fingerprint density at radius 1 is 1.14 bits per heavy atom. The van der Waals surface area contributed by atoms with E-state index in [0.29, 0.717) is 5.56 Å². The van der Waals surface area contributed by atoms with Gasteiger partial charge in [-0.1, -0.05) is 65.1 Å². The minimum atomic E-state index is -4.79. The zero-order chi connectivity index (χ0) is 21.2. The minimum absolute atomic E-state index is 0.151. The van der Waals surface area contributed by atoms with Gasteiger partial charge < -0.3 is 18.9 Å². The number of esters is 1. The van der Waals surface area contributed by atoms with Gasteiger partial charge in [0.25, 0.3) is 0 Å². The molecule has 11 heteroatoms. The zero-order valence-corrected chi connectivity index (χ0v) is 16.9. The lowest BCUT2D eigenvalue weighted by Crippen LogP contribution is -2.43. The van der Waals surface area contributed by atoms with E-state index in [2.05, 4.69) is 9.47 Å². The molecule has 0 heterocycles. The quantitative estimate of drug-likeness (QED) is 0.219. The highest BCUT2D eigenvalue weighted by Gasteiger charge is 2.46. The van der Waals surface area contributed by atoms with Crippen molar-refractivity contribution in [3.63, 3.8) is 0 Å². The topological polar surface area (TPSA) is 54.0 Å². The molecule has 0 saturated heterocycles. The maximum absolute atomic E-state index is 13.4. The summed E-state index contributed by atoms with van der Waals surface area (Å²) in [5.74, 6) is -1.01. The van der Waals surface area contributed by atoms with Crippen LogP contribution in [0.3, 0.4) is 0 Å². The van der Waals surface area contributed by atoms with Crippen molar-refractivity contribution in [2.45, 2.75) is 28.8 Å². The number of alkyl halides is 6. The minimum Gasteiger partial charge on any atom is -0.458 e. The zero-order valence-electron chi connectivity index (χ0n) is 14.6. The van der Waals surface area contributed by atoms with Crippen LogP contribution in [0.15, 0.2) is 42.5 Å². The third-order valence-corrected chi connectivity index (χ3v) is 3.40. The van der Waals surface area contributed by atoms with Gasteiger partial charge in [0, 0.05) is 13.2 Å². The lowest BCUT2D eigenvalue weighted by molar-refractivity contribution is -0.264. The van der Waals surface area contributed by atoms with Gasteiger partial charge in [0.05, 0.1) is 6.61 Å². The smallest absolute Gasteiger partial charge is 0.417 e. The summed E-state index contributed by atoms with van der Waals surface area (Å²) in [5.41, 5.74) is 0.632. The molecule has 0 fully saturated rings. The number of carbonyl (C=O) groups excluding carboxylic acids is 1. The van der Waals surface area contributed by atoms with E-state index in [1.807, 2.05) is 0 Å². The predicted molar refractivity (Wildman–Crippen MR) is 98.2 cm³/mol. The van der Waals surface area contributed by atoms with Gasteiger partial charge in [-0.2, -0.15) is 13.2 Å². The molecule has 0 spiro atoms. The second-order valence-corrected chi connectivity index (χ2v) is 7.89. The lowest BCUT2D eigenvalue weighted by atomic mass is 10.1. The van der Waals surface area contributed by atoms with Gasteiger partial charge in [-0.15, -0.1) is 0 Å². The molecule has 2 atom stereocenters. The van der Waals surface area contributed by atoms with E-state index in [1.165, 1.54) is 7.11 Å². The first kappa shape index (κ1) is 25.0. The van der Waals surface area contributed by atoms with E-state index < -0.39 is 41.5 Å². The molecule has 0 aliphatic carbocycles. The number of rotatable bonds is 10. The van der Waals surface area contributed by atoms with Crippen LogP contribution in [0.4, 0.5) is 13.2 Å². The van der Waals surface area contributed by atoms with Crippen molar-refractivity contribution in [2.75, 3.05) is 20.5 Å². The van der Waals surface area contributed by atoms with Gasteiger partial charge in [-0.05, 0) is 11.6 Å². The molecule has 158 valence electrons. The maximum atomic E-state index is 13.4. The fourth-order valence-electron chi connectivity index (χ4n) is 1.90. The van der Waals surface area contributed by atoms with Crippen molar-refractivity contribution in [3.8, 4) is 0 Å². The number of carbonyl (C=O) groups is 1. The average molecular weight is 466 g/mol. The highest BCUT2D eigenvalue weighted by atomic mass is 35.6. The van der Waals surface area contributed by atoms with Crippen LogP contribution >= 0.6 is 34.8 Å². The molecule has 0 saturated carbocycles. The summed E-state index contributed by atoms with van der Waals surface area (Å²) < 4.78 is 57.5. The van der Waals surface area contributed by atoms with Crippen LogP contribution in [0, 0.1) is 0 Å². The fraction of sp³-hybridized carbons (Fsp3) is 0.471. The molecule has 0 aliphatic rings. The summed E-state index contributed by atoms with van der Waals surface area (Å²) in [6.45, 7) is -1.35. The Bertz CT molecular complexity index is 621. The molecule has 0 aliphatic heterocycles. The molecule has 1 aromatic carbocycles. The highest BCUT2D eigenvalue weighted by molar-refractivity contribution is 6.67. The van der Waals surface area contributed by atoms with E-state index in [9.17, 15) is 18.0 Å². The Balaban J connectivity index is 2.91. The number of benzene rings is 1. The van der Waals surface area contributed by atoms with Crippen LogP contribution in [0.5, 0.6) is 0 Å². The van der Waals surface area contributed by atoms with Crippen molar-refractivity contribution in [2.24, 2.45) is 0 Å². The maximum Gasteiger partial charge on any atom is 0.417 e. The van der Waals surface area contributed by atoms with Crippen molar-refractivity contribution in [3.05, 3.63) is 48.0 Å². The molecule has 0 amide bonds. The van der Waals surface area contributed by atoms with Gasteiger partial charge in [0.15, 0.2) is 6.10 Å². The second kappa shape index (κ2) is 11.8. The van der Waals surface area contributed by atoms with E-state index in [1.54, 1.807) is 30.3 Å². The summed E-state index contributed by atoms with van der Waals surface area (Å²) >= 11 is 16.3. The lowest BCUT2D eigenvalue weighted by Gasteiger charge is -2.27. The molecule has 0 unspecified atom stereocenters. The SMILES string of the molecule is COCO[C@H]([C@@H](/C=C/C(=O)OCC(Cl)(Cl)Cl)OCc1ccccc1)C(F)(F)F.